The second-order valence-electron chi connectivity index (χ2n) is 8.75. The highest BCUT2D eigenvalue weighted by atomic mass is 19.1. The van der Waals surface area contributed by atoms with E-state index in [1.165, 1.54) is 6.07 Å². The highest BCUT2D eigenvalue weighted by Gasteiger charge is 2.45. The van der Waals surface area contributed by atoms with Crippen molar-refractivity contribution in [2.45, 2.75) is 45.6 Å². The topological polar surface area (TPSA) is 93.9 Å². The van der Waals surface area contributed by atoms with Crippen molar-refractivity contribution in [3.63, 3.8) is 0 Å². The third-order valence-electron chi connectivity index (χ3n) is 7.04. The van der Waals surface area contributed by atoms with Gasteiger partial charge in [0, 0.05) is 34.7 Å². The van der Waals surface area contributed by atoms with Gasteiger partial charge in [-0.05, 0) is 25.1 Å². The average Bonchev–Trinajstić information content (AvgIpc) is 3.18. The predicted molar refractivity (Wildman–Crippen MR) is 116 cm³/mol. The van der Waals surface area contributed by atoms with Crippen LogP contribution in [-0.4, -0.2) is 38.8 Å². The van der Waals surface area contributed by atoms with Gasteiger partial charge in [-0.1, -0.05) is 13.8 Å². The Balaban J connectivity index is 1.58. The number of carbonyl (C=O) groups is 1. The fourth-order valence-electron chi connectivity index (χ4n) is 5.08. The molecular weight excluding hydrogens is 429 g/mol. The van der Waals surface area contributed by atoms with Gasteiger partial charge in [-0.3, -0.25) is 9.69 Å². The summed E-state index contributed by atoms with van der Waals surface area (Å²) in [5.41, 5.74) is 1.41. The van der Waals surface area contributed by atoms with Gasteiger partial charge in [-0.2, -0.15) is 0 Å². The molecule has 1 atom stereocenters. The maximum Gasteiger partial charge on any atom is 0.343 e. The van der Waals surface area contributed by atoms with E-state index in [0.29, 0.717) is 36.7 Å². The van der Waals surface area contributed by atoms with Gasteiger partial charge in [0.1, 0.15) is 13.3 Å². The molecule has 0 amide bonds. The van der Waals surface area contributed by atoms with Gasteiger partial charge in [-0.25, -0.2) is 14.2 Å². The molecule has 8 nitrogen and oxygen atoms in total. The van der Waals surface area contributed by atoms with E-state index < -0.39 is 17.4 Å². The number of benzene rings is 1. The number of pyridine rings is 2. The molecule has 3 aliphatic heterocycles. The van der Waals surface area contributed by atoms with Crippen molar-refractivity contribution in [1.29, 1.82) is 0 Å². The van der Waals surface area contributed by atoms with Crippen LogP contribution < -0.4 is 10.3 Å². The molecule has 1 N–H and O–H groups in total. The number of nitrogens with zero attached hydrogens (tertiary/aromatic N) is 3. The number of carbonyl (C=O) groups excluding carboxylic acids is 1. The van der Waals surface area contributed by atoms with E-state index in [1.54, 1.807) is 17.6 Å². The molecule has 0 spiro atoms. The molecule has 1 aromatic carbocycles. The van der Waals surface area contributed by atoms with Crippen molar-refractivity contribution in [2.24, 2.45) is 0 Å². The van der Waals surface area contributed by atoms with Gasteiger partial charge in [0.2, 0.25) is 0 Å². The summed E-state index contributed by atoms with van der Waals surface area (Å²) in [5, 5.41) is 11.8. The summed E-state index contributed by atoms with van der Waals surface area (Å²) in [5.74, 6) is -0.980. The zero-order valence-electron chi connectivity index (χ0n) is 18.3. The number of cyclic esters (lactones) is 1. The van der Waals surface area contributed by atoms with Gasteiger partial charge < -0.3 is 19.1 Å². The molecule has 0 bridgehead atoms. The zero-order chi connectivity index (χ0) is 23.1. The molecule has 5 heterocycles. The van der Waals surface area contributed by atoms with E-state index in [0.717, 1.165) is 23.1 Å². The molecular formula is C24H22FN3O5. The molecule has 0 aliphatic carbocycles. The lowest BCUT2D eigenvalue weighted by atomic mass is 9.86. The number of esters is 1. The summed E-state index contributed by atoms with van der Waals surface area (Å²) >= 11 is 0. The minimum Gasteiger partial charge on any atom is -0.475 e. The first-order valence-electron chi connectivity index (χ1n) is 11.0. The van der Waals surface area contributed by atoms with Crippen molar-refractivity contribution >= 4 is 16.9 Å². The number of hydrogen-bond acceptors (Lipinski definition) is 7. The first-order chi connectivity index (χ1) is 15.9. The summed E-state index contributed by atoms with van der Waals surface area (Å²) in [6, 6.07) is 4.95. The van der Waals surface area contributed by atoms with Crippen LogP contribution in [0.3, 0.4) is 0 Å². The average molecular weight is 451 g/mol. The number of hydrogen-bond donors (Lipinski definition) is 1. The minimum atomic E-state index is -1.88. The Morgan fingerprint density at radius 3 is 2.73 bits per heavy atom. The van der Waals surface area contributed by atoms with Crippen LogP contribution in [-0.2, 0) is 34.8 Å². The molecule has 0 fully saturated rings. The lowest BCUT2D eigenvalue weighted by Gasteiger charge is -2.31. The van der Waals surface area contributed by atoms with E-state index in [4.69, 9.17) is 14.5 Å². The Labute approximate surface area is 188 Å². The minimum absolute atomic E-state index is 0.0744. The monoisotopic (exact) mass is 451 g/mol. The molecule has 0 radical (unpaired) electrons. The lowest BCUT2D eigenvalue weighted by molar-refractivity contribution is -0.172. The molecule has 2 aromatic heterocycles. The third kappa shape index (κ3) is 2.66. The van der Waals surface area contributed by atoms with E-state index >= 15 is 0 Å². The Morgan fingerprint density at radius 2 is 1.97 bits per heavy atom. The van der Waals surface area contributed by atoms with Crippen molar-refractivity contribution < 1.29 is 23.8 Å². The number of aliphatic hydroxyl groups is 1. The number of aromatic nitrogens is 2. The van der Waals surface area contributed by atoms with Crippen molar-refractivity contribution in [3.05, 3.63) is 56.6 Å². The van der Waals surface area contributed by atoms with Crippen LogP contribution >= 0.6 is 0 Å². The highest BCUT2D eigenvalue weighted by Crippen LogP contribution is 2.41. The molecule has 0 unspecified atom stereocenters. The van der Waals surface area contributed by atoms with Crippen LogP contribution in [0.25, 0.3) is 22.3 Å². The number of halogens is 1. The number of ether oxygens (including phenoxy) is 2. The molecule has 6 rings (SSSR count). The van der Waals surface area contributed by atoms with E-state index in [1.807, 2.05) is 13.0 Å². The Morgan fingerprint density at radius 1 is 1.15 bits per heavy atom. The van der Waals surface area contributed by atoms with Gasteiger partial charge >= 0.3 is 5.97 Å². The summed E-state index contributed by atoms with van der Waals surface area (Å²) in [6.45, 7) is 5.44. The van der Waals surface area contributed by atoms with E-state index in [2.05, 4.69) is 4.90 Å². The quantitative estimate of drug-likeness (QED) is 0.468. The normalized spacial score (nSPS) is 21.2. The molecule has 9 heteroatoms. The Kier molecular flexibility index (Phi) is 4.22. The molecule has 3 aromatic rings. The first-order valence-corrected chi connectivity index (χ1v) is 11.0. The summed E-state index contributed by atoms with van der Waals surface area (Å²) in [4.78, 5) is 32.4. The lowest BCUT2D eigenvalue weighted by Crippen LogP contribution is -2.44. The maximum absolute atomic E-state index is 14.8. The van der Waals surface area contributed by atoms with Gasteiger partial charge in [-0.15, -0.1) is 0 Å². The maximum atomic E-state index is 14.8. The predicted octanol–water partition coefficient (Wildman–Crippen LogP) is 2.39. The first kappa shape index (κ1) is 20.3. The Hall–Kier alpha value is -3.30. The molecule has 3 aliphatic rings. The fourth-order valence-corrected chi connectivity index (χ4v) is 5.08. The van der Waals surface area contributed by atoms with Crippen LogP contribution in [0.5, 0.6) is 5.75 Å². The summed E-state index contributed by atoms with van der Waals surface area (Å²) in [7, 11) is 0. The fraction of sp³-hybridized carbons (Fsp3) is 0.375. The van der Waals surface area contributed by atoms with Crippen molar-refractivity contribution in [2.75, 3.05) is 13.3 Å². The second kappa shape index (κ2) is 6.85. The van der Waals surface area contributed by atoms with Gasteiger partial charge in [0.05, 0.1) is 29.0 Å². The molecule has 0 saturated heterocycles. The summed E-state index contributed by atoms with van der Waals surface area (Å²) in [6.07, 6.45) is 0.0744. The van der Waals surface area contributed by atoms with E-state index in [-0.39, 0.29) is 35.5 Å². The van der Waals surface area contributed by atoms with Crippen LogP contribution in [0.1, 0.15) is 42.5 Å². The van der Waals surface area contributed by atoms with Crippen molar-refractivity contribution in [1.82, 2.24) is 14.5 Å². The second-order valence-corrected chi connectivity index (χ2v) is 8.75. The smallest absolute Gasteiger partial charge is 0.343 e. The zero-order valence-corrected chi connectivity index (χ0v) is 18.3. The SMILES string of the molecule is CCN1COc2c(F)cc3nc4c(cc3c2C1)Cn1c-4cc2c(c1=O)COC(=O)[C@]2(O)CC. The third-order valence-corrected chi connectivity index (χ3v) is 7.04. The number of rotatable bonds is 2. The van der Waals surface area contributed by atoms with Crippen LogP contribution in [0.15, 0.2) is 23.0 Å². The molecule has 0 saturated carbocycles. The Bertz CT molecular complexity index is 1430. The van der Waals surface area contributed by atoms with Crippen LogP contribution in [0.4, 0.5) is 4.39 Å². The van der Waals surface area contributed by atoms with Crippen LogP contribution in [0, 0.1) is 5.82 Å². The largest absolute Gasteiger partial charge is 0.475 e. The molecule has 170 valence electrons. The molecule has 33 heavy (non-hydrogen) atoms. The van der Waals surface area contributed by atoms with Gasteiger partial charge in [0.15, 0.2) is 17.2 Å². The van der Waals surface area contributed by atoms with Crippen LogP contribution in [0.2, 0.25) is 0 Å². The highest BCUT2D eigenvalue weighted by molar-refractivity contribution is 5.89. The number of fused-ring (bicyclic) bond motifs is 7. The standard InChI is InChI=1S/C24H22FN3O5/c1-3-24(31)16-6-19-20-12(8-28(19)22(29)15(16)10-32-23(24)30)5-13-14-9-27(4-2)11-33-21(14)17(25)7-18(13)26-20/h5-7,31H,3-4,8-11H2,1-2H3/t24-/m0/s1. The van der Waals surface area contributed by atoms with E-state index in [9.17, 15) is 19.1 Å². The van der Waals surface area contributed by atoms with Gasteiger partial charge in [0.25, 0.3) is 5.56 Å². The van der Waals surface area contributed by atoms with Crippen molar-refractivity contribution in [3.8, 4) is 17.1 Å². The summed E-state index contributed by atoms with van der Waals surface area (Å²) < 4.78 is 27.2.